The van der Waals surface area contributed by atoms with Crippen molar-refractivity contribution in [2.24, 2.45) is 0 Å². The highest BCUT2D eigenvalue weighted by atomic mass is 19.1. The van der Waals surface area contributed by atoms with Crippen molar-refractivity contribution in [1.29, 1.82) is 0 Å². The lowest BCUT2D eigenvalue weighted by atomic mass is 10.1. The van der Waals surface area contributed by atoms with Crippen LogP contribution in [0.4, 0.5) is 15.8 Å². The van der Waals surface area contributed by atoms with Gasteiger partial charge < -0.3 is 20.4 Å². The van der Waals surface area contributed by atoms with E-state index in [1.807, 2.05) is 0 Å². The summed E-state index contributed by atoms with van der Waals surface area (Å²) in [5, 5.41) is 5.47. The van der Waals surface area contributed by atoms with E-state index in [2.05, 4.69) is 15.5 Å². The molecule has 0 aromatic heterocycles. The number of para-hydroxylation sites is 1. The largest absolute Gasteiger partial charge is 0.368 e. The summed E-state index contributed by atoms with van der Waals surface area (Å²) in [6, 6.07) is 12.4. The predicted molar refractivity (Wildman–Crippen MR) is 111 cm³/mol. The van der Waals surface area contributed by atoms with E-state index in [4.69, 9.17) is 0 Å². The first-order valence-corrected chi connectivity index (χ1v) is 10.0. The molecule has 1 atom stereocenters. The van der Waals surface area contributed by atoms with E-state index in [0.717, 1.165) is 5.69 Å². The molecule has 2 N–H and O–H groups in total. The molecule has 2 aliphatic heterocycles. The van der Waals surface area contributed by atoms with Crippen molar-refractivity contribution >= 4 is 29.1 Å². The average Bonchev–Trinajstić information content (AvgIpc) is 2.88. The van der Waals surface area contributed by atoms with E-state index >= 15 is 0 Å². The lowest BCUT2D eigenvalue weighted by Gasteiger charge is -2.36. The van der Waals surface area contributed by atoms with E-state index in [0.29, 0.717) is 37.4 Å². The summed E-state index contributed by atoms with van der Waals surface area (Å²) in [6.07, 6.45) is 0.411. The van der Waals surface area contributed by atoms with Gasteiger partial charge in [-0.3, -0.25) is 14.4 Å². The van der Waals surface area contributed by atoms with Crippen LogP contribution < -0.4 is 15.5 Å². The van der Waals surface area contributed by atoms with Crippen LogP contribution in [0.5, 0.6) is 0 Å². The predicted octanol–water partition coefficient (Wildman–Crippen LogP) is 2.01. The van der Waals surface area contributed by atoms with Crippen LogP contribution in [0.3, 0.4) is 0 Å². The van der Waals surface area contributed by atoms with Gasteiger partial charge in [0.15, 0.2) is 0 Å². The molecule has 1 saturated heterocycles. The van der Waals surface area contributed by atoms with Gasteiger partial charge in [0.25, 0.3) is 5.91 Å². The third-order valence-corrected chi connectivity index (χ3v) is 5.52. The van der Waals surface area contributed by atoms with Crippen molar-refractivity contribution in [2.75, 3.05) is 36.4 Å². The molecule has 7 nitrogen and oxygen atoms in total. The van der Waals surface area contributed by atoms with Gasteiger partial charge in [0.05, 0.1) is 11.3 Å². The molecule has 0 aliphatic carbocycles. The molecular formula is C22H23FN4O3. The number of nitrogens with zero attached hydrogens (tertiary/aromatic N) is 2. The average molecular weight is 410 g/mol. The molecular weight excluding hydrogens is 387 g/mol. The highest BCUT2D eigenvalue weighted by Crippen LogP contribution is 2.20. The number of rotatable bonds is 4. The van der Waals surface area contributed by atoms with Crippen molar-refractivity contribution in [3.63, 3.8) is 0 Å². The van der Waals surface area contributed by atoms with E-state index in [-0.39, 0.29) is 36.4 Å². The number of hydrogen-bond acceptors (Lipinski definition) is 4. The molecule has 8 heteroatoms. The molecule has 0 unspecified atom stereocenters. The Hall–Kier alpha value is -3.42. The second-order valence-electron chi connectivity index (χ2n) is 7.44. The van der Waals surface area contributed by atoms with E-state index in [1.54, 1.807) is 41.3 Å². The maximum absolute atomic E-state index is 13.1. The van der Waals surface area contributed by atoms with Gasteiger partial charge in [0.1, 0.15) is 11.9 Å². The molecule has 0 saturated carbocycles. The van der Waals surface area contributed by atoms with Crippen molar-refractivity contribution in [3.05, 3.63) is 59.9 Å². The normalized spacial score (nSPS) is 18.9. The minimum Gasteiger partial charge on any atom is -0.368 e. The Bertz CT molecular complexity index is 955. The van der Waals surface area contributed by atoms with Crippen LogP contribution in [0.25, 0.3) is 0 Å². The molecule has 0 radical (unpaired) electrons. The summed E-state index contributed by atoms with van der Waals surface area (Å²) in [7, 11) is 0. The molecule has 2 heterocycles. The maximum atomic E-state index is 13.1. The SMILES string of the molecule is O=C1N[C@@H](CCC(=O)N2CCN(c3ccc(F)cc3)CC2)C(=O)Nc2ccccc21. The van der Waals surface area contributed by atoms with Gasteiger partial charge >= 0.3 is 0 Å². The monoisotopic (exact) mass is 410 g/mol. The molecule has 2 aromatic carbocycles. The fraction of sp³-hybridized carbons (Fsp3) is 0.318. The number of hydrogen-bond donors (Lipinski definition) is 2. The maximum Gasteiger partial charge on any atom is 0.254 e. The highest BCUT2D eigenvalue weighted by Gasteiger charge is 2.29. The molecule has 1 fully saturated rings. The molecule has 3 amide bonds. The zero-order chi connectivity index (χ0) is 21.1. The van der Waals surface area contributed by atoms with Gasteiger partial charge in [0, 0.05) is 38.3 Å². The zero-order valence-electron chi connectivity index (χ0n) is 16.4. The standard InChI is InChI=1S/C22H23FN4O3/c23-15-5-7-16(8-6-15)26-11-13-27(14-12-26)20(28)10-9-19-22(30)24-18-4-2-1-3-17(18)21(29)25-19/h1-8,19H,9-14H2,(H,24,30)(H,25,29)/t19-/m0/s1. The Balaban J connectivity index is 1.29. The minimum absolute atomic E-state index is 0.0439. The number of nitrogens with one attached hydrogen (secondary N) is 2. The van der Waals surface area contributed by atoms with Crippen LogP contribution in [-0.4, -0.2) is 54.8 Å². The number of amides is 3. The smallest absolute Gasteiger partial charge is 0.254 e. The molecule has 2 aliphatic rings. The van der Waals surface area contributed by atoms with Gasteiger partial charge in [-0.15, -0.1) is 0 Å². The molecule has 30 heavy (non-hydrogen) atoms. The number of carbonyl (C=O) groups is 3. The lowest BCUT2D eigenvalue weighted by molar-refractivity contribution is -0.131. The Morgan fingerprint density at radius 2 is 1.70 bits per heavy atom. The lowest BCUT2D eigenvalue weighted by Crippen LogP contribution is -2.49. The second kappa shape index (κ2) is 8.52. The van der Waals surface area contributed by atoms with Gasteiger partial charge in [-0.25, -0.2) is 4.39 Å². The van der Waals surface area contributed by atoms with E-state index < -0.39 is 6.04 Å². The summed E-state index contributed by atoms with van der Waals surface area (Å²) in [5.41, 5.74) is 1.82. The first-order valence-electron chi connectivity index (χ1n) is 10.0. The summed E-state index contributed by atoms with van der Waals surface area (Å²) in [5.74, 6) is -0.959. The first kappa shape index (κ1) is 19.9. The quantitative estimate of drug-likeness (QED) is 0.808. The summed E-state index contributed by atoms with van der Waals surface area (Å²) < 4.78 is 13.1. The van der Waals surface area contributed by atoms with Gasteiger partial charge in [0.2, 0.25) is 11.8 Å². The van der Waals surface area contributed by atoms with E-state index in [1.165, 1.54) is 12.1 Å². The van der Waals surface area contributed by atoms with Gasteiger partial charge in [-0.2, -0.15) is 0 Å². The third-order valence-electron chi connectivity index (χ3n) is 5.52. The van der Waals surface area contributed by atoms with Crippen LogP contribution in [0, 0.1) is 5.82 Å². The minimum atomic E-state index is -0.755. The summed E-state index contributed by atoms with van der Waals surface area (Å²) in [4.78, 5) is 41.3. The van der Waals surface area contributed by atoms with Crippen molar-refractivity contribution in [3.8, 4) is 0 Å². The molecule has 0 spiro atoms. The summed E-state index contributed by atoms with van der Waals surface area (Å²) in [6.45, 7) is 2.44. The number of fused-ring (bicyclic) bond motifs is 1. The number of halogens is 1. The Labute approximate surface area is 173 Å². The summed E-state index contributed by atoms with van der Waals surface area (Å²) >= 11 is 0. The van der Waals surface area contributed by atoms with Crippen LogP contribution in [-0.2, 0) is 9.59 Å². The first-order chi connectivity index (χ1) is 14.5. The molecule has 2 aromatic rings. The van der Waals surface area contributed by atoms with Crippen molar-refractivity contribution in [2.45, 2.75) is 18.9 Å². The number of anilines is 2. The van der Waals surface area contributed by atoms with Crippen LogP contribution in [0.15, 0.2) is 48.5 Å². The topological polar surface area (TPSA) is 81.8 Å². The number of carbonyl (C=O) groups excluding carboxylic acids is 3. The van der Waals surface area contributed by atoms with Crippen molar-refractivity contribution in [1.82, 2.24) is 10.2 Å². The molecule has 0 bridgehead atoms. The van der Waals surface area contributed by atoms with E-state index in [9.17, 15) is 18.8 Å². The number of piperazine rings is 1. The van der Waals surface area contributed by atoms with Gasteiger partial charge in [-0.1, -0.05) is 12.1 Å². The fourth-order valence-electron chi connectivity index (χ4n) is 3.81. The molecule has 4 rings (SSSR count). The third kappa shape index (κ3) is 4.27. The highest BCUT2D eigenvalue weighted by molar-refractivity contribution is 6.09. The van der Waals surface area contributed by atoms with Crippen molar-refractivity contribution < 1.29 is 18.8 Å². The van der Waals surface area contributed by atoms with Gasteiger partial charge in [-0.05, 0) is 42.8 Å². The second-order valence-corrected chi connectivity index (χ2v) is 7.44. The molecule has 156 valence electrons. The van der Waals surface area contributed by atoms with Crippen LogP contribution in [0.2, 0.25) is 0 Å². The van der Waals surface area contributed by atoms with Crippen LogP contribution >= 0.6 is 0 Å². The Morgan fingerprint density at radius 1 is 1.00 bits per heavy atom. The fourth-order valence-corrected chi connectivity index (χ4v) is 3.81. The van der Waals surface area contributed by atoms with Crippen LogP contribution in [0.1, 0.15) is 23.2 Å². The Kier molecular flexibility index (Phi) is 5.65. The zero-order valence-corrected chi connectivity index (χ0v) is 16.4. The number of benzene rings is 2. The Morgan fingerprint density at radius 3 is 2.43 bits per heavy atom.